The summed E-state index contributed by atoms with van der Waals surface area (Å²) in [6.45, 7) is 0. The smallest absolute Gasteiger partial charge is 0.305 e. The molecule has 0 saturated carbocycles. The first-order chi connectivity index (χ1) is 7.87. The fourth-order valence-corrected chi connectivity index (χ4v) is 2.35. The molecule has 6 nitrogen and oxygen atoms in total. The van der Waals surface area contributed by atoms with Gasteiger partial charge in [0.2, 0.25) is 0 Å². The zero-order valence-electron chi connectivity index (χ0n) is 9.79. The van der Waals surface area contributed by atoms with Crippen molar-refractivity contribution >= 4 is 16.1 Å². The lowest BCUT2D eigenvalue weighted by atomic mass is 10.0. The Morgan fingerprint density at radius 1 is 1.26 bits per heavy atom. The van der Waals surface area contributed by atoms with Crippen molar-refractivity contribution in [2.75, 3.05) is 6.26 Å². The highest BCUT2D eigenvalue weighted by Crippen LogP contribution is 2.21. The van der Waals surface area contributed by atoms with E-state index in [-0.39, 0.29) is 21.3 Å². The molecule has 2 atom stereocenters. The van der Waals surface area contributed by atoms with Gasteiger partial charge in [0.15, 0.2) is 6.29 Å². The number of carboxylic acids is 1. The highest BCUT2D eigenvalue weighted by Gasteiger charge is 2.24. The van der Waals surface area contributed by atoms with E-state index in [1.165, 1.54) is 0 Å². The van der Waals surface area contributed by atoms with Gasteiger partial charge in [-0.1, -0.05) is 27.7 Å². The van der Waals surface area contributed by atoms with Gasteiger partial charge in [0.1, 0.15) is 0 Å². The van der Waals surface area contributed by atoms with E-state index < -0.39 is 28.5 Å². The summed E-state index contributed by atoms with van der Waals surface area (Å²) in [4.78, 5) is 10.6. The van der Waals surface area contributed by atoms with Gasteiger partial charge < -0.3 is 9.84 Å². The van der Waals surface area contributed by atoms with Crippen LogP contribution in [0.1, 0.15) is 53.4 Å². The molecule has 0 aliphatic carbocycles. The van der Waals surface area contributed by atoms with Gasteiger partial charge in [0.25, 0.3) is 10.1 Å². The van der Waals surface area contributed by atoms with Crippen molar-refractivity contribution in [2.24, 2.45) is 0 Å². The Morgan fingerprint density at radius 3 is 2.37 bits per heavy atom. The molecule has 0 bridgehead atoms. The number of hydrogen-bond acceptors (Lipinski definition) is 5. The quantitative estimate of drug-likeness (QED) is 0.801. The molecule has 19 heavy (non-hydrogen) atoms. The van der Waals surface area contributed by atoms with Crippen LogP contribution in [0.25, 0.3) is 0 Å². The molecule has 0 amide bonds. The number of carbonyl (C=O) groups is 1. The first-order valence-electron chi connectivity index (χ1n) is 5.62. The van der Waals surface area contributed by atoms with Gasteiger partial charge in [0.05, 0.1) is 18.8 Å². The van der Waals surface area contributed by atoms with Crippen LogP contribution < -0.4 is 0 Å². The first kappa shape index (κ1) is 20.7. The van der Waals surface area contributed by atoms with E-state index >= 15 is 0 Å². The van der Waals surface area contributed by atoms with Gasteiger partial charge in [-0.15, -0.1) is 0 Å². The van der Waals surface area contributed by atoms with Gasteiger partial charge in [-0.2, -0.15) is 8.42 Å². The van der Waals surface area contributed by atoms with Crippen LogP contribution in [0, 0.1) is 0 Å². The summed E-state index contributed by atoms with van der Waals surface area (Å²) < 4.78 is 32.2. The summed E-state index contributed by atoms with van der Waals surface area (Å²) in [5.41, 5.74) is 0. The molecule has 0 spiro atoms. The molecule has 1 aliphatic rings. The van der Waals surface area contributed by atoms with Gasteiger partial charge in [-0.25, -0.2) is 4.18 Å². The predicted molar refractivity (Wildman–Crippen MR) is 73.4 cm³/mol. The third kappa shape index (κ3) is 9.86. The third-order valence-corrected chi connectivity index (χ3v) is 3.06. The van der Waals surface area contributed by atoms with Crippen LogP contribution in [-0.2, 0) is 23.8 Å². The van der Waals surface area contributed by atoms with E-state index in [9.17, 15) is 13.2 Å². The number of aliphatic carboxylic acids is 1. The molecule has 0 aromatic carbocycles. The van der Waals surface area contributed by atoms with E-state index in [0.29, 0.717) is 12.8 Å². The zero-order valence-corrected chi connectivity index (χ0v) is 10.6. The van der Waals surface area contributed by atoms with Crippen molar-refractivity contribution in [1.82, 2.24) is 0 Å². The second-order valence-corrected chi connectivity index (χ2v) is 5.82. The highest BCUT2D eigenvalue weighted by molar-refractivity contribution is 7.86. The molecule has 116 valence electrons. The molecule has 1 saturated heterocycles. The maximum atomic E-state index is 11.0. The average Bonchev–Trinajstić information content (AvgIpc) is 2.09. The summed E-state index contributed by atoms with van der Waals surface area (Å²) in [5, 5.41) is 8.71. The van der Waals surface area contributed by atoms with E-state index in [1.54, 1.807) is 0 Å². The van der Waals surface area contributed by atoms with Crippen LogP contribution >= 0.6 is 0 Å². The van der Waals surface area contributed by atoms with E-state index in [1.807, 2.05) is 0 Å². The highest BCUT2D eigenvalue weighted by atomic mass is 32.2. The summed E-state index contributed by atoms with van der Waals surface area (Å²) in [5.74, 6) is -0.950. The van der Waals surface area contributed by atoms with Crippen LogP contribution in [0.2, 0.25) is 0 Å². The van der Waals surface area contributed by atoms with Crippen molar-refractivity contribution in [3.05, 3.63) is 0 Å². The molecule has 1 N–H and O–H groups in total. The molecule has 1 aliphatic heterocycles. The van der Waals surface area contributed by atoms with Crippen molar-refractivity contribution in [1.29, 1.82) is 0 Å². The molecule has 0 aromatic heterocycles. The largest absolute Gasteiger partial charge is 0.481 e. The Balaban J connectivity index is 0. The second kappa shape index (κ2) is 9.28. The van der Waals surface area contributed by atoms with Crippen LogP contribution in [-0.4, -0.2) is 38.1 Å². The topological polar surface area (TPSA) is 89.9 Å². The normalized spacial score (nSPS) is 24.3. The molecule has 0 radical (unpaired) electrons. The molecule has 0 aromatic rings. The Morgan fingerprint density at radius 2 is 1.84 bits per heavy atom. The molecule has 1 heterocycles. The van der Waals surface area contributed by atoms with Crippen LogP contribution in [0.4, 0.5) is 0 Å². The SMILES string of the molecule is C.C.CS(=O)(=O)OC1CCCCCC(CC(=O)O)O1. The predicted octanol–water partition coefficient (Wildman–Crippen LogP) is 2.38. The minimum Gasteiger partial charge on any atom is -0.481 e. The van der Waals surface area contributed by atoms with Gasteiger partial charge in [0, 0.05) is 0 Å². The number of rotatable bonds is 4. The van der Waals surface area contributed by atoms with E-state index in [2.05, 4.69) is 0 Å². The van der Waals surface area contributed by atoms with Crippen LogP contribution in [0.3, 0.4) is 0 Å². The fraction of sp³-hybridized carbons (Fsp3) is 0.917. The first-order valence-corrected chi connectivity index (χ1v) is 7.44. The Hall–Kier alpha value is -0.660. The lowest BCUT2D eigenvalue weighted by molar-refractivity contribution is -0.152. The minimum atomic E-state index is -3.58. The molecule has 7 heteroatoms. The van der Waals surface area contributed by atoms with Crippen molar-refractivity contribution in [3.8, 4) is 0 Å². The monoisotopic (exact) mass is 298 g/mol. The van der Waals surface area contributed by atoms with Gasteiger partial charge >= 0.3 is 5.97 Å². The Bertz CT molecular complexity index is 351. The molecular formula is C12H26O6S. The molecule has 1 fully saturated rings. The van der Waals surface area contributed by atoms with Gasteiger partial charge in [-0.3, -0.25) is 4.79 Å². The zero-order chi connectivity index (χ0) is 12.9. The Labute approximate surface area is 116 Å². The standard InChI is InChI=1S/C10H18O6S.2CH4/c1-17(13,14)16-10-6-4-2-3-5-8(15-10)7-9(11)12;;/h8,10H,2-7H2,1H3,(H,11,12);2*1H4. The molecular weight excluding hydrogens is 272 g/mol. The number of hydrogen-bond donors (Lipinski definition) is 1. The summed E-state index contributed by atoms with van der Waals surface area (Å²) in [7, 11) is -3.58. The minimum absolute atomic E-state index is 0. The number of carboxylic acid groups (broad SMARTS) is 1. The lowest BCUT2D eigenvalue weighted by Crippen LogP contribution is -2.29. The second-order valence-electron chi connectivity index (χ2n) is 4.22. The summed E-state index contributed by atoms with van der Waals surface area (Å²) in [6, 6.07) is 0. The van der Waals surface area contributed by atoms with E-state index in [0.717, 1.165) is 25.5 Å². The van der Waals surface area contributed by atoms with E-state index in [4.69, 9.17) is 14.0 Å². The van der Waals surface area contributed by atoms with Gasteiger partial charge in [-0.05, 0) is 19.3 Å². The number of ether oxygens (including phenoxy) is 1. The lowest BCUT2D eigenvalue weighted by Gasteiger charge is -2.25. The molecule has 2 unspecified atom stereocenters. The average molecular weight is 298 g/mol. The van der Waals surface area contributed by atoms with Crippen molar-refractivity contribution < 1.29 is 27.2 Å². The summed E-state index contributed by atoms with van der Waals surface area (Å²) in [6.07, 6.45) is 3.26. The maximum absolute atomic E-state index is 11.0. The van der Waals surface area contributed by atoms with Crippen molar-refractivity contribution in [3.63, 3.8) is 0 Å². The van der Waals surface area contributed by atoms with Crippen LogP contribution in [0.15, 0.2) is 0 Å². The summed E-state index contributed by atoms with van der Waals surface area (Å²) >= 11 is 0. The fourth-order valence-electron chi connectivity index (χ4n) is 1.82. The molecule has 1 rings (SSSR count). The van der Waals surface area contributed by atoms with Crippen LogP contribution in [0.5, 0.6) is 0 Å². The maximum Gasteiger partial charge on any atom is 0.305 e. The Kier molecular flexibility index (Phi) is 10.1. The third-order valence-electron chi connectivity index (χ3n) is 2.49. The van der Waals surface area contributed by atoms with Crippen molar-refractivity contribution in [2.45, 2.75) is 65.8 Å².